The maximum Gasteiger partial charge on any atom is 0.167 e. The molecule has 0 radical (unpaired) electrons. The highest BCUT2D eigenvalue weighted by atomic mass is 16.7. The van der Waals surface area contributed by atoms with Crippen LogP contribution in [0.15, 0.2) is 65.6 Å². The minimum Gasteiger partial charge on any atom is -0.396 e. The minimum atomic E-state index is -0.187. The second kappa shape index (κ2) is 12.8. The predicted octanol–water partition coefficient (Wildman–Crippen LogP) is 4.41. The molecule has 212 valence electrons. The molecule has 1 aromatic carbocycles. The molecule has 1 unspecified atom stereocenters. The van der Waals surface area contributed by atoms with Gasteiger partial charge in [0.2, 0.25) is 0 Å². The fourth-order valence-electron chi connectivity index (χ4n) is 5.22. The summed E-state index contributed by atoms with van der Waals surface area (Å²) in [5.74, 6) is 8.35. The van der Waals surface area contributed by atoms with Crippen LogP contribution in [0.2, 0.25) is 0 Å². The van der Waals surface area contributed by atoms with E-state index in [9.17, 15) is 0 Å². The number of hydrogen-bond acceptors (Lipinski definition) is 8. The lowest BCUT2D eigenvalue weighted by molar-refractivity contribution is -0.188. The number of ether oxygens (including phenoxy) is 2. The topological polar surface area (TPSA) is 98.7 Å². The van der Waals surface area contributed by atoms with Gasteiger partial charge in [-0.2, -0.15) is 0 Å². The molecule has 0 aliphatic carbocycles. The van der Waals surface area contributed by atoms with E-state index in [4.69, 9.17) is 19.1 Å². The van der Waals surface area contributed by atoms with E-state index in [-0.39, 0.29) is 19.0 Å². The summed E-state index contributed by atoms with van der Waals surface area (Å²) in [5, 5.41) is 13.5. The Morgan fingerprint density at radius 1 is 1.02 bits per heavy atom. The van der Waals surface area contributed by atoms with Gasteiger partial charge in [-0.15, -0.1) is 0 Å². The van der Waals surface area contributed by atoms with Gasteiger partial charge in [-0.3, -0.25) is 9.88 Å². The zero-order valence-electron chi connectivity index (χ0n) is 23.3. The summed E-state index contributed by atoms with van der Waals surface area (Å²) in [4.78, 5) is 11.3. The zero-order valence-corrected chi connectivity index (χ0v) is 23.3. The van der Waals surface area contributed by atoms with Crippen LogP contribution in [0.4, 0.5) is 0 Å². The monoisotopic (exact) mass is 553 g/mol. The number of imidazole rings is 1. The normalized spacial score (nSPS) is 18.4. The highest BCUT2D eigenvalue weighted by molar-refractivity contribution is 5.59. The number of hydrogen-bond donors (Lipinski definition) is 1. The number of aliphatic hydroxyl groups is 1. The summed E-state index contributed by atoms with van der Waals surface area (Å²) in [7, 11) is 0. The predicted molar refractivity (Wildman–Crippen MR) is 152 cm³/mol. The van der Waals surface area contributed by atoms with Gasteiger partial charge in [0.1, 0.15) is 17.6 Å². The Morgan fingerprint density at radius 2 is 1.85 bits per heavy atom. The lowest BCUT2D eigenvalue weighted by Gasteiger charge is -2.37. The number of aromatic nitrogens is 4. The van der Waals surface area contributed by atoms with E-state index in [1.165, 1.54) is 0 Å². The number of nitrogens with zero attached hydrogens (tertiary/aromatic N) is 5. The largest absolute Gasteiger partial charge is 0.396 e. The quantitative estimate of drug-likeness (QED) is 0.305. The first kappa shape index (κ1) is 27.4. The highest BCUT2D eigenvalue weighted by Gasteiger charge is 2.26. The Balaban J connectivity index is 1.04. The average Bonchev–Trinajstić information content (AvgIpc) is 3.65. The number of likely N-dealkylation sites (tertiary alicyclic amines) is 1. The summed E-state index contributed by atoms with van der Waals surface area (Å²) in [6.45, 7) is 6.23. The molecule has 5 heterocycles. The van der Waals surface area contributed by atoms with E-state index in [1.54, 1.807) is 6.20 Å². The molecule has 9 nitrogen and oxygen atoms in total. The van der Waals surface area contributed by atoms with Crippen molar-refractivity contribution in [3.8, 4) is 23.2 Å². The van der Waals surface area contributed by atoms with Crippen molar-refractivity contribution >= 4 is 0 Å². The molecule has 6 rings (SSSR count). The number of benzene rings is 1. The Kier molecular flexibility index (Phi) is 8.54. The Morgan fingerprint density at radius 3 is 2.61 bits per heavy atom. The van der Waals surface area contributed by atoms with Gasteiger partial charge in [0, 0.05) is 80.1 Å². The molecule has 1 N–H and O–H groups in total. The van der Waals surface area contributed by atoms with Crippen LogP contribution in [0.5, 0.6) is 0 Å². The van der Waals surface area contributed by atoms with Gasteiger partial charge in [0.15, 0.2) is 12.1 Å². The first-order valence-corrected chi connectivity index (χ1v) is 14.3. The van der Waals surface area contributed by atoms with Crippen LogP contribution in [0, 0.1) is 17.8 Å². The first-order chi connectivity index (χ1) is 20.1. The molecular weight excluding hydrogens is 518 g/mol. The third kappa shape index (κ3) is 6.92. The third-order valence-corrected chi connectivity index (χ3v) is 7.52. The molecule has 2 aliphatic heterocycles. The average molecular weight is 554 g/mol. The van der Waals surface area contributed by atoms with E-state index < -0.39 is 0 Å². The maximum atomic E-state index is 9.17. The standard InChI is InChI=1S/C32H35N5O4/c1-23(40-31-4-2-3-15-39-31)32-33-13-14-37(32)21-29-16-30(41-35-29)27-10-7-24(8-11-27)5-6-25-9-12-28(34-17-25)20-36-18-26(19-36)22-38/h7-14,16-17,23,26,31,38H,2-4,15,18-22H2,1H3/t23-,31?/m0/s1. The summed E-state index contributed by atoms with van der Waals surface area (Å²) in [6, 6.07) is 13.9. The van der Waals surface area contributed by atoms with Crippen LogP contribution in [-0.2, 0) is 22.6 Å². The molecular formula is C32H35N5O4. The van der Waals surface area contributed by atoms with Crippen LogP contribution >= 0.6 is 0 Å². The van der Waals surface area contributed by atoms with Gasteiger partial charge in [0.25, 0.3) is 0 Å². The molecule has 2 fully saturated rings. The second-order valence-electron chi connectivity index (χ2n) is 10.8. The summed E-state index contributed by atoms with van der Waals surface area (Å²) >= 11 is 0. The van der Waals surface area contributed by atoms with E-state index >= 15 is 0 Å². The Bertz CT molecular complexity index is 1470. The first-order valence-electron chi connectivity index (χ1n) is 14.3. The maximum absolute atomic E-state index is 9.17. The van der Waals surface area contributed by atoms with E-state index in [0.29, 0.717) is 18.2 Å². The smallest absolute Gasteiger partial charge is 0.167 e. The third-order valence-electron chi connectivity index (χ3n) is 7.52. The van der Waals surface area contributed by atoms with Gasteiger partial charge in [-0.05, 0) is 62.6 Å². The lowest BCUT2D eigenvalue weighted by Crippen LogP contribution is -2.47. The van der Waals surface area contributed by atoms with Crippen molar-refractivity contribution in [3.63, 3.8) is 0 Å². The van der Waals surface area contributed by atoms with Gasteiger partial charge < -0.3 is 23.7 Å². The molecule has 0 spiro atoms. The van der Waals surface area contributed by atoms with Crippen molar-refractivity contribution in [2.75, 3.05) is 26.3 Å². The minimum absolute atomic E-state index is 0.172. The zero-order chi connectivity index (χ0) is 28.0. The second-order valence-corrected chi connectivity index (χ2v) is 10.8. The van der Waals surface area contributed by atoms with Gasteiger partial charge >= 0.3 is 0 Å². The molecule has 4 aromatic rings. The highest BCUT2D eigenvalue weighted by Crippen LogP contribution is 2.25. The summed E-state index contributed by atoms with van der Waals surface area (Å²) in [6.07, 6.45) is 8.30. The van der Waals surface area contributed by atoms with E-state index in [0.717, 1.165) is 79.4 Å². The molecule has 0 amide bonds. The summed E-state index contributed by atoms with van der Waals surface area (Å²) in [5.41, 5.74) is 4.55. The number of pyridine rings is 1. The summed E-state index contributed by atoms with van der Waals surface area (Å²) < 4.78 is 19.5. The van der Waals surface area contributed by atoms with Crippen LogP contribution in [0.3, 0.4) is 0 Å². The molecule has 41 heavy (non-hydrogen) atoms. The molecule has 2 aliphatic rings. The molecule has 2 saturated heterocycles. The van der Waals surface area contributed by atoms with Crippen molar-refractivity contribution in [2.45, 2.75) is 51.7 Å². The molecule has 3 aromatic heterocycles. The molecule has 2 atom stereocenters. The van der Waals surface area contributed by atoms with Gasteiger partial charge in [-0.25, -0.2) is 4.98 Å². The molecule has 0 bridgehead atoms. The van der Waals surface area contributed by atoms with Gasteiger partial charge in [-0.1, -0.05) is 17.0 Å². The lowest BCUT2D eigenvalue weighted by atomic mass is 10.0. The van der Waals surface area contributed by atoms with Crippen LogP contribution < -0.4 is 0 Å². The van der Waals surface area contributed by atoms with Crippen molar-refractivity contribution in [1.29, 1.82) is 0 Å². The van der Waals surface area contributed by atoms with E-state index in [2.05, 4.69) is 31.9 Å². The van der Waals surface area contributed by atoms with E-state index in [1.807, 2.05) is 66.3 Å². The number of rotatable bonds is 9. The van der Waals surface area contributed by atoms with Crippen molar-refractivity contribution in [1.82, 2.24) is 24.6 Å². The fraction of sp³-hybridized carbons (Fsp3) is 0.406. The van der Waals surface area contributed by atoms with Crippen LogP contribution in [-0.4, -0.2) is 62.3 Å². The molecule has 9 heteroatoms. The molecule has 0 saturated carbocycles. The Hall–Kier alpha value is -3.81. The SMILES string of the molecule is C[C@H](OC1CCCCO1)c1nccn1Cc1cc(-c2ccc(C#Cc3ccc(CN4CC(CO)C4)nc3)cc2)on1. The van der Waals surface area contributed by atoms with Crippen molar-refractivity contribution < 1.29 is 19.1 Å². The van der Waals surface area contributed by atoms with Crippen molar-refractivity contribution in [2.24, 2.45) is 5.92 Å². The van der Waals surface area contributed by atoms with Crippen LogP contribution in [0.1, 0.15) is 60.6 Å². The van der Waals surface area contributed by atoms with Gasteiger partial charge in [0.05, 0.1) is 12.2 Å². The number of aliphatic hydroxyl groups excluding tert-OH is 1. The van der Waals surface area contributed by atoms with Crippen molar-refractivity contribution in [3.05, 3.63) is 89.4 Å². The Labute approximate surface area is 240 Å². The van der Waals surface area contributed by atoms with Crippen LogP contribution in [0.25, 0.3) is 11.3 Å². The fourth-order valence-corrected chi connectivity index (χ4v) is 5.22.